The minimum atomic E-state index is -4.45. The molecule has 0 saturated carbocycles. The SMILES string of the molecule is COC(=O)c1cc(Cl)nnc1Oc1ccc(C(F)(F)F)cc1. The van der Waals surface area contributed by atoms with Crippen LogP contribution in [0.15, 0.2) is 30.3 Å². The maximum atomic E-state index is 12.5. The Morgan fingerprint density at radius 3 is 2.36 bits per heavy atom. The second-order valence-electron chi connectivity index (χ2n) is 4.00. The van der Waals surface area contributed by atoms with Gasteiger partial charge in [0.25, 0.3) is 5.88 Å². The predicted octanol–water partition coefficient (Wildman–Crippen LogP) is 3.73. The maximum Gasteiger partial charge on any atom is 0.416 e. The smallest absolute Gasteiger partial charge is 0.416 e. The highest BCUT2D eigenvalue weighted by Gasteiger charge is 2.30. The number of aromatic nitrogens is 2. The third-order valence-electron chi connectivity index (χ3n) is 2.53. The van der Waals surface area contributed by atoms with E-state index in [1.54, 1.807) is 0 Å². The van der Waals surface area contributed by atoms with E-state index in [2.05, 4.69) is 14.9 Å². The van der Waals surface area contributed by atoms with Gasteiger partial charge in [0.05, 0.1) is 12.7 Å². The number of hydrogen-bond donors (Lipinski definition) is 0. The van der Waals surface area contributed by atoms with Crippen LogP contribution in [0.1, 0.15) is 15.9 Å². The fourth-order valence-electron chi connectivity index (χ4n) is 1.51. The lowest BCUT2D eigenvalue weighted by molar-refractivity contribution is -0.137. The average molecular weight is 333 g/mol. The molecule has 0 aliphatic carbocycles. The summed E-state index contributed by atoms with van der Waals surface area (Å²) in [4.78, 5) is 11.6. The van der Waals surface area contributed by atoms with Gasteiger partial charge in [0.1, 0.15) is 11.3 Å². The van der Waals surface area contributed by atoms with Gasteiger partial charge < -0.3 is 9.47 Å². The van der Waals surface area contributed by atoms with Gasteiger partial charge in [-0.3, -0.25) is 0 Å². The van der Waals surface area contributed by atoms with Crippen LogP contribution in [0.25, 0.3) is 0 Å². The third kappa shape index (κ3) is 3.64. The lowest BCUT2D eigenvalue weighted by Gasteiger charge is -2.10. The normalized spacial score (nSPS) is 11.1. The Labute approximate surface area is 127 Å². The molecular formula is C13H8ClF3N2O3. The summed E-state index contributed by atoms with van der Waals surface area (Å²) in [6, 6.07) is 5.06. The Bertz CT molecular complexity index is 690. The van der Waals surface area contributed by atoms with E-state index in [0.29, 0.717) is 0 Å². The molecule has 2 rings (SSSR count). The van der Waals surface area contributed by atoms with Crippen LogP contribution >= 0.6 is 11.6 Å². The average Bonchev–Trinajstić information content (AvgIpc) is 2.48. The number of alkyl halides is 3. The summed E-state index contributed by atoms with van der Waals surface area (Å²) in [5.74, 6) is -0.940. The molecular weight excluding hydrogens is 325 g/mol. The standard InChI is InChI=1S/C13H8ClF3N2O3/c1-21-12(20)9-6-10(14)18-19-11(9)22-8-4-2-7(3-5-8)13(15,16)17/h2-6H,1H3. The summed E-state index contributed by atoms with van der Waals surface area (Å²) >= 11 is 5.63. The van der Waals surface area contributed by atoms with Crippen LogP contribution in [-0.4, -0.2) is 23.3 Å². The first kappa shape index (κ1) is 16.0. The van der Waals surface area contributed by atoms with Crippen molar-refractivity contribution in [2.45, 2.75) is 6.18 Å². The molecule has 0 unspecified atom stereocenters. The molecule has 9 heteroatoms. The van der Waals surface area contributed by atoms with Crippen LogP contribution in [0, 0.1) is 0 Å². The molecule has 0 atom stereocenters. The van der Waals surface area contributed by atoms with Crippen LogP contribution in [0.4, 0.5) is 13.2 Å². The Kier molecular flexibility index (Phi) is 4.51. The molecule has 0 radical (unpaired) electrons. The van der Waals surface area contributed by atoms with E-state index >= 15 is 0 Å². The van der Waals surface area contributed by atoms with E-state index in [9.17, 15) is 18.0 Å². The van der Waals surface area contributed by atoms with Crippen molar-refractivity contribution in [1.82, 2.24) is 10.2 Å². The summed E-state index contributed by atoms with van der Waals surface area (Å²) in [5, 5.41) is 7.04. The highest BCUT2D eigenvalue weighted by Crippen LogP contribution is 2.31. The number of hydrogen-bond acceptors (Lipinski definition) is 5. The van der Waals surface area contributed by atoms with Gasteiger partial charge in [-0.05, 0) is 30.3 Å². The molecule has 0 amide bonds. The van der Waals surface area contributed by atoms with Gasteiger partial charge in [-0.2, -0.15) is 13.2 Å². The minimum Gasteiger partial charge on any atom is -0.465 e. The summed E-state index contributed by atoms with van der Waals surface area (Å²) in [6.07, 6.45) is -4.45. The van der Waals surface area contributed by atoms with Gasteiger partial charge in [-0.15, -0.1) is 10.2 Å². The summed E-state index contributed by atoms with van der Waals surface area (Å²) in [6.45, 7) is 0. The number of benzene rings is 1. The molecule has 5 nitrogen and oxygen atoms in total. The predicted molar refractivity (Wildman–Crippen MR) is 69.9 cm³/mol. The molecule has 2 aromatic rings. The van der Waals surface area contributed by atoms with Gasteiger partial charge in [0, 0.05) is 0 Å². The maximum absolute atomic E-state index is 12.5. The Morgan fingerprint density at radius 1 is 1.18 bits per heavy atom. The second-order valence-corrected chi connectivity index (χ2v) is 4.39. The van der Waals surface area contributed by atoms with E-state index in [4.69, 9.17) is 16.3 Å². The molecule has 0 bridgehead atoms. The molecule has 1 heterocycles. The lowest BCUT2D eigenvalue weighted by atomic mass is 10.2. The molecule has 116 valence electrons. The quantitative estimate of drug-likeness (QED) is 0.801. The van der Waals surface area contributed by atoms with Crippen molar-refractivity contribution in [3.63, 3.8) is 0 Å². The highest BCUT2D eigenvalue weighted by molar-refractivity contribution is 6.29. The van der Waals surface area contributed by atoms with Crippen LogP contribution in [0.3, 0.4) is 0 Å². The number of carbonyl (C=O) groups excluding carboxylic acids is 1. The van der Waals surface area contributed by atoms with Crippen LogP contribution in [0.5, 0.6) is 11.6 Å². The number of rotatable bonds is 3. The number of nitrogens with zero attached hydrogens (tertiary/aromatic N) is 2. The van der Waals surface area contributed by atoms with Gasteiger partial charge in [-0.25, -0.2) is 4.79 Å². The fourth-order valence-corrected chi connectivity index (χ4v) is 1.66. The van der Waals surface area contributed by atoms with Crippen molar-refractivity contribution in [2.24, 2.45) is 0 Å². The molecule has 22 heavy (non-hydrogen) atoms. The van der Waals surface area contributed by atoms with Crippen molar-refractivity contribution in [1.29, 1.82) is 0 Å². The number of methoxy groups -OCH3 is 1. The number of ether oxygens (including phenoxy) is 2. The molecule has 1 aromatic carbocycles. The first-order valence-corrected chi connectivity index (χ1v) is 6.15. The fraction of sp³-hybridized carbons (Fsp3) is 0.154. The Hall–Kier alpha value is -2.35. The highest BCUT2D eigenvalue weighted by atomic mass is 35.5. The second kappa shape index (κ2) is 6.18. The van der Waals surface area contributed by atoms with Crippen molar-refractivity contribution in [2.75, 3.05) is 7.11 Å². The van der Waals surface area contributed by atoms with E-state index < -0.39 is 17.7 Å². The molecule has 0 aliphatic rings. The first-order chi connectivity index (χ1) is 10.3. The van der Waals surface area contributed by atoms with E-state index in [-0.39, 0.29) is 22.3 Å². The zero-order valence-corrected chi connectivity index (χ0v) is 11.8. The summed E-state index contributed by atoms with van der Waals surface area (Å²) in [7, 11) is 1.15. The van der Waals surface area contributed by atoms with Gasteiger partial charge >= 0.3 is 12.1 Å². The van der Waals surface area contributed by atoms with Crippen molar-refractivity contribution < 1.29 is 27.4 Å². The molecule has 0 aliphatic heterocycles. The van der Waals surface area contributed by atoms with E-state index in [1.807, 2.05) is 0 Å². The van der Waals surface area contributed by atoms with Gasteiger partial charge in [-0.1, -0.05) is 11.6 Å². The van der Waals surface area contributed by atoms with Crippen molar-refractivity contribution in [3.8, 4) is 11.6 Å². The Morgan fingerprint density at radius 2 is 1.82 bits per heavy atom. The van der Waals surface area contributed by atoms with Crippen LogP contribution in [0.2, 0.25) is 5.15 Å². The summed E-state index contributed by atoms with van der Waals surface area (Å²) < 4.78 is 47.2. The largest absolute Gasteiger partial charge is 0.465 e. The summed E-state index contributed by atoms with van der Waals surface area (Å²) in [5.41, 5.74) is -0.919. The van der Waals surface area contributed by atoms with Crippen molar-refractivity contribution >= 4 is 17.6 Å². The van der Waals surface area contributed by atoms with Gasteiger partial charge in [0.15, 0.2) is 5.15 Å². The molecule has 0 N–H and O–H groups in total. The lowest BCUT2D eigenvalue weighted by Crippen LogP contribution is -2.07. The van der Waals surface area contributed by atoms with E-state index in [0.717, 1.165) is 31.4 Å². The van der Waals surface area contributed by atoms with Crippen LogP contribution in [-0.2, 0) is 10.9 Å². The van der Waals surface area contributed by atoms with Gasteiger partial charge in [0.2, 0.25) is 0 Å². The third-order valence-corrected chi connectivity index (χ3v) is 2.72. The molecule has 1 aromatic heterocycles. The molecule has 0 fully saturated rings. The number of carbonyl (C=O) groups is 1. The topological polar surface area (TPSA) is 61.3 Å². The van der Waals surface area contributed by atoms with Crippen LogP contribution < -0.4 is 4.74 Å². The molecule has 0 saturated heterocycles. The number of esters is 1. The monoisotopic (exact) mass is 332 g/mol. The Balaban J connectivity index is 2.29. The minimum absolute atomic E-state index is 0.0507. The number of halogens is 4. The van der Waals surface area contributed by atoms with Crippen molar-refractivity contribution in [3.05, 3.63) is 46.6 Å². The first-order valence-electron chi connectivity index (χ1n) is 5.78. The molecule has 0 spiro atoms. The van der Waals surface area contributed by atoms with E-state index in [1.165, 1.54) is 6.07 Å². The zero-order valence-electron chi connectivity index (χ0n) is 11.0. The zero-order chi connectivity index (χ0) is 16.3.